The highest BCUT2D eigenvalue weighted by Crippen LogP contribution is 2.13. The topological polar surface area (TPSA) is 78.9 Å². The van der Waals surface area contributed by atoms with Crippen LogP contribution < -0.4 is 0 Å². The molecule has 0 spiro atoms. The molecular weight excluding hydrogens is 733 g/mol. The fourth-order valence-corrected chi connectivity index (χ4v) is 6.17. The van der Waals surface area contributed by atoms with Crippen LogP contribution in [0, 0.1) is 0 Å². The van der Waals surface area contributed by atoms with Crippen LogP contribution in [-0.2, 0) is 28.6 Å². The highest BCUT2D eigenvalue weighted by Gasteiger charge is 2.19. The summed E-state index contributed by atoms with van der Waals surface area (Å²) < 4.78 is 16.7. The minimum atomic E-state index is -0.800. The number of rotatable bonds is 41. The normalized spacial score (nSPS) is 12.9. The molecule has 0 amide bonds. The smallest absolute Gasteiger partial charge is 0.306 e. The van der Waals surface area contributed by atoms with E-state index in [0.29, 0.717) is 19.3 Å². The summed E-state index contributed by atoms with van der Waals surface area (Å²) in [6, 6.07) is 0. The Hall–Kier alpha value is -3.67. The zero-order valence-corrected chi connectivity index (χ0v) is 38.0. The molecule has 0 bridgehead atoms. The van der Waals surface area contributed by atoms with Gasteiger partial charge in [-0.3, -0.25) is 14.4 Å². The van der Waals surface area contributed by atoms with Crippen molar-refractivity contribution in [2.24, 2.45) is 0 Å². The van der Waals surface area contributed by atoms with E-state index < -0.39 is 6.10 Å². The van der Waals surface area contributed by atoms with Gasteiger partial charge in [0.05, 0.1) is 0 Å². The SMILES string of the molecule is CC/C=C/C=C/C=C/C=C/CCCCCC(=O)OCC(COC(=O)CCCCCCCCC/C=C/C/C=C/CC)OC(=O)CCCCCCCCC/C=C/C/C=C/CC. The molecule has 1 unspecified atom stereocenters. The van der Waals surface area contributed by atoms with Crippen LogP contribution in [0.15, 0.2) is 97.2 Å². The molecule has 0 N–H and O–H groups in total. The molecule has 0 rings (SSSR count). The van der Waals surface area contributed by atoms with Crippen LogP contribution in [0.5, 0.6) is 0 Å². The molecule has 0 saturated heterocycles. The fraction of sp³-hybridized carbons (Fsp3) is 0.642. The van der Waals surface area contributed by atoms with E-state index in [2.05, 4.69) is 81.5 Å². The molecule has 0 radical (unpaired) electrons. The first-order valence-electron chi connectivity index (χ1n) is 23.8. The van der Waals surface area contributed by atoms with E-state index >= 15 is 0 Å². The number of hydrogen-bond acceptors (Lipinski definition) is 6. The van der Waals surface area contributed by atoms with Crippen LogP contribution in [0.25, 0.3) is 0 Å². The number of esters is 3. The number of carbonyl (C=O) groups excluding carboxylic acids is 3. The third kappa shape index (κ3) is 45.3. The maximum atomic E-state index is 12.8. The van der Waals surface area contributed by atoms with Gasteiger partial charge in [-0.25, -0.2) is 0 Å². The van der Waals surface area contributed by atoms with Crippen molar-refractivity contribution in [2.45, 2.75) is 207 Å². The first-order valence-corrected chi connectivity index (χ1v) is 23.8. The van der Waals surface area contributed by atoms with Crippen molar-refractivity contribution in [3.05, 3.63) is 97.2 Å². The molecule has 6 nitrogen and oxygen atoms in total. The van der Waals surface area contributed by atoms with Crippen molar-refractivity contribution >= 4 is 17.9 Å². The molecule has 0 aliphatic rings. The lowest BCUT2D eigenvalue weighted by Crippen LogP contribution is -2.30. The van der Waals surface area contributed by atoms with E-state index in [0.717, 1.165) is 109 Å². The average molecular weight is 819 g/mol. The van der Waals surface area contributed by atoms with Gasteiger partial charge in [-0.15, -0.1) is 0 Å². The van der Waals surface area contributed by atoms with Crippen LogP contribution in [-0.4, -0.2) is 37.2 Å². The fourth-order valence-electron chi connectivity index (χ4n) is 6.17. The van der Waals surface area contributed by atoms with E-state index in [1.165, 1.54) is 51.4 Å². The third-order valence-electron chi connectivity index (χ3n) is 9.66. The number of carbonyl (C=O) groups is 3. The number of hydrogen-bond donors (Lipinski definition) is 0. The second-order valence-electron chi connectivity index (χ2n) is 15.3. The predicted molar refractivity (Wildman–Crippen MR) is 251 cm³/mol. The summed E-state index contributed by atoms with van der Waals surface area (Å²) in [5, 5.41) is 0. The van der Waals surface area contributed by atoms with E-state index in [9.17, 15) is 14.4 Å². The number of unbranched alkanes of at least 4 members (excludes halogenated alkanes) is 17. The minimum Gasteiger partial charge on any atom is -0.462 e. The zero-order chi connectivity index (χ0) is 43.0. The molecule has 0 saturated carbocycles. The Labute approximate surface area is 362 Å². The van der Waals surface area contributed by atoms with Gasteiger partial charge in [0, 0.05) is 19.3 Å². The van der Waals surface area contributed by atoms with Gasteiger partial charge in [-0.05, 0) is 89.9 Å². The van der Waals surface area contributed by atoms with Crippen molar-refractivity contribution in [3.8, 4) is 0 Å². The lowest BCUT2D eigenvalue weighted by Gasteiger charge is -2.18. The molecule has 0 aromatic rings. The summed E-state index contributed by atoms with van der Waals surface area (Å²) in [6.07, 6.45) is 61.0. The maximum Gasteiger partial charge on any atom is 0.306 e. The van der Waals surface area contributed by atoms with E-state index in [-0.39, 0.29) is 31.1 Å². The Bertz CT molecular complexity index is 1220. The molecule has 59 heavy (non-hydrogen) atoms. The van der Waals surface area contributed by atoms with E-state index in [4.69, 9.17) is 14.2 Å². The summed E-state index contributed by atoms with van der Waals surface area (Å²) in [7, 11) is 0. The summed E-state index contributed by atoms with van der Waals surface area (Å²) >= 11 is 0. The molecule has 0 heterocycles. The molecule has 0 fully saturated rings. The lowest BCUT2D eigenvalue weighted by atomic mass is 10.1. The molecule has 0 aliphatic carbocycles. The van der Waals surface area contributed by atoms with Crippen LogP contribution in [0.1, 0.15) is 201 Å². The van der Waals surface area contributed by atoms with Crippen LogP contribution >= 0.6 is 0 Å². The second kappa shape index (κ2) is 47.0. The van der Waals surface area contributed by atoms with E-state index in [1.54, 1.807) is 0 Å². The van der Waals surface area contributed by atoms with Crippen LogP contribution in [0.4, 0.5) is 0 Å². The van der Waals surface area contributed by atoms with Gasteiger partial charge in [0.25, 0.3) is 0 Å². The van der Waals surface area contributed by atoms with Crippen molar-refractivity contribution in [3.63, 3.8) is 0 Å². The van der Waals surface area contributed by atoms with Gasteiger partial charge < -0.3 is 14.2 Å². The first-order chi connectivity index (χ1) is 29.0. The summed E-state index contributed by atoms with van der Waals surface area (Å²) in [5.74, 6) is -0.963. The van der Waals surface area contributed by atoms with Gasteiger partial charge in [0.15, 0.2) is 6.10 Å². The van der Waals surface area contributed by atoms with Crippen molar-refractivity contribution in [2.75, 3.05) is 13.2 Å². The lowest BCUT2D eigenvalue weighted by molar-refractivity contribution is -0.167. The monoisotopic (exact) mass is 819 g/mol. The van der Waals surface area contributed by atoms with Crippen molar-refractivity contribution in [1.29, 1.82) is 0 Å². The molecule has 6 heteroatoms. The Morgan fingerprint density at radius 2 is 0.695 bits per heavy atom. The summed E-state index contributed by atoms with van der Waals surface area (Å²) in [5.41, 5.74) is 0. The maximum absolute atomic E-state index is 12.8. The number of allylic oxidation sites excluding steroid dienone is 16. The quantitative estimate of drug-likeness (QED) is 0.0201. The van der Waals surface area contributed by atoms with Crippen molar-refractivity contribution in [1.82, 2.24) is 0 Å². The Kier molecular flexibility index (Phi) is 44.1. The Morgan fingerprint density at radius 1 is 0.356 bits per heavy atom. The molecule has 0 aromatic heterocycles. The number of ether oxygens (including phenoxy) is 3. The minimum absolute atomic E-state index is 0.0994. The van der Waals surface area contributed by atoms with Crippen LogP contribution in [0.2, 0.25) is 0 Å². The van der Waals surface area contributed by atoms with Gasteiger partial charge in [0.1, 0.15) is 13.2 Å². The molecule has 334 valence electrons. The van der Waals surface area contributed by atoms with Gasteiger partial charge in [-0.2, -0.15) is 0 Å². The predicted octanol–water partition coefficient (Wildman–Crippen LogP) is 15.4. The molecule has 0 aliphatic heterocycles. The highest BCUT2D eigenvalue weighted by molar-refractivity contribution is 5.71. The Morgan fingerprint density at radius 3 is 1.15 bits per heavy atom. The van der Waals surface area contributed by atoms with Crippen molar-refractivity contribution < 1.29 is 28.6 Å². The van der Waals surface area contributed by atoms with Gasteiger partial charge in [0.2, 0.25) is 0 Å². The molecule has 1 atom stereocenters. The van der Waals surface area contributed by atoms with Crippen LogP contribution in [0.3, 0.4) is 0 Å². The largest absolute Gasteiger partial charge is 0.462 e. The Balaban J connectivity index is 4.48. The van der Waals surface area contributed by atoms with E-state index in [1.807, 2.05) is 36.5 Å². The third-order valence-corrected chi connectivity index (χ3v) is 9.66. The average Bonchev–Trinajstić information content (AvgIpc) is 3.23. The molecule has 0 aromatic carbocycles. The summed E-state index contributed by atoms with van der Waals surface area (Å²) in [4.78, 5) is 37.8. The second-order valence-corrected chi connectivity index (χ2v) is 15.3. The first kappa shape index (κ1) is 55.3. The highest BCUT2D eigenvalue weighted by atomic mass is 16.6. The molecular formula is C53H86O6. The zero-order valence-electron chi connectivity index (χ0n) is 38.0. The standard InChI is InChI=1S/C53H86O6/c1-4-7-10-13-16-19-22-25-28-31-34-37-40-43-46-52(55)58-49-50(48-57-51(54)45-42-39-36-33-30-27-24-21-18-15-12-9-6-3)59-53(56)47-44-41-38-35-32-29-26-23-20-17-14-11-8-5-2/h7-12,15-21,24,27,30,50H,4-6,13-14,22-23,25-26,28-29,31-49H2,1-3H3/b10-7+,11-8+,12-9+,18-15+,19-16+,20-17+,24-21+,30-27+. The van der Waals surface area contributed by atoms with Gasteiger partial charge in [-0.1, -0.05) is 189 Å². The van der Waals surface area contributed by atoms with Gasteiger partial charge >= 0.3 is 17.9 Å². The summed E-state index contributed by atoms with van der Waals surface area (Å²) in [6.45, 7) is 6.22.